The van der Waals surface area contributed by atoms with Gasteiger partial charge in [0.25, 0.3) is 5.91 Å². The molecule has 0 aliphatic heterocycles. The molecule has 2 N–H and O–H groups in total. The molecule has 0 bridgehead atoms. The van der Waals surface area contributed by atoms with Gasteiger partial charge >= 0.3 is 0 Å². The summed E-state index contributed by atoms with van der Waals surface area (Å²) in [5.74, 6) is -0.123. The normalized spacial score (nSPS) is 12.2. The van der Waals surface area contributed by atoms with Crippen LogP contribution in [0.15, 0.2) is 71.6 Å². The Bertz CT molecular complexity index is 1210. The fourth-order valence-corrected chi connectivity index (χ4v) is 4.65. The van der Waals surface area contributed by atoms with E-state index < -0.39 is 16.1 Å². The van der Waals surface area contributed by atoms with E-state index in [0.717, 1.165) is 16.7 Å². The summed E-state index contributed by atoms with van der Waals surface area (Å²) in [5.41, 5.74) is 3.60. The van der Waals surface area contributed by atoms with Gasteiger partial charge in [-0.2, -0.15) is 0 Å². The first-order chi connectivity index (χ1) is 15.2. The van der Waals surface area contributed by atoms with Crippen molar-refractivity contribution in [2.75, 3.05) is 11.9 Å². The maximum Gasteiger partial charge on any atom is 0.262 e. The Balaban J connectivity index is 1.64. The first-order valence-corrected chi connectivity index (χ1v) is 11.9. The number of rotatable bonds is 8. The van der Waals surface area contributed by atoms with Gasteiger partial charge in [0.15, 0.2) is 6.61 Å². The summed E-state index contributed by atoms with van der Waals surface area (Å²) in [5, 5.41) is 2.90. The third kappa shape index (κ3) is 5.88. The zero-order chi connectivity index (χ0) is 23.3. The lowest BCUT2D eigenvalue weighted by molar-refractivity contribution is -0.118. The van der Waals surface area contributed by atoms with E-state index in [1.54, 1.807) is 6.92 Å². The summed E-state index contributed by atoms with van der Waals surface area (Å²) < 4.78 is 33.6. The number of carbonyl (C=O) groups excluding carboxylic acids is 1. The molecule has 0 radical (unpaired) electrons. The first kappa shape index (κ1) is 23.8. The molecule has 0 heterocycles. The summed E-state index contributed by atoms with van der Waals surface area (Å²) in [6.45, 7) is 5.39. The average Bonchev–Trinajstić information content (AvgIpc) is 2.76. The van der Waals surface area contributed by atoms with Crippen LogP contribution in [0.5, 0.6) is 5.75 Å². The fourth-order valence-electron chi connectivity index (χ4n) is 3.09. The number of ether oxygens (including phenoxy) is 1. The van der Waals surface area contributed by atoms with Crippen LogP contribution < -0.4 is 14.8 Å². The van der Waals surface area contributed by atoms with Crippen LogP contribution in [0.2, 0.25) is 5.02 Å². The molecule has 3 rings (SSSR count). The zero-order valence-corrected chi connectivity index (χ0v) is 19.6. The van der Waals surface area contributed by atoms with Gasteiger partial charge in [0.1, 0.15) is 5.75 Å². The molecule has 0 fully saturated rings. The minimum atomic E-state index is -3.80. The number of hydrogen-bond acceptors (Lipinski definition) is 4. The maximum absolute atomic E-state index is 12.7. The van der Waals surface area contributed by atoms with Gasteiger partial charge in [-0.05, 0) is 61.7 Å². The van der Waals surface area contributed by atoms with Crippen molar-refractivity contribution in [3.05, 3.63) is 88.4 Å². The van der Waals surface area contributed by atoms with Gasteiger partial charge in [0.2, 0.25) is 10.0 Å². The minimum Gasteiger partial charge on any atom is -0.482 e. The molecule has 0 aliphatic carbocycles. The molecule has 0 spiro atoms. The number of carbonyl (C=O) groups is 1. The summed E-state index contributed by atoms with van der Waals surface area (Å²) in [6.07, 6.45) is 0. The van der Waals surface area contributed by atoms with Crippen LogP contribution in [0.4, 0.5) is 5.69 Å². The topological polar surface area (TPSA) is 84.5 Å². The molecule has 168 valence electrons. The summed E-state index contributed by atoms with van der Waals surface area (Å²) >= 11 is 6.23. The highest BCUT2D eigenvalue weighted by Crippen LogP contribution is 2.28. The van der Waals surface area contributed by atoms with E-state index in [1.807, 2.05) is 62.4 Å². The minimum absolute atomic E-state index is 0.0115. The Kier molecular flexibility index (Phi) is 7.56. The third-order valence-electron chi connectivity index (χ3n) is 5.08. The van der Waals surface area contributed by atoms with Gasteiger partial charge in [-0.15, -0.1) is 0 Å². The van der Waals surface area contributed by atoms with Crippen LogP contribution in [0, 0.1) is 13.8 Å². The van der Waals surface area contributed by atoms with Crippen molar-refractivity contribution in [3.8, 4) is 5.75 Å². The molecule has 0 saturated carbocycles. The number of halogens is 1. The lowest BCUT2D eigenvalue weighted by Gasteiger charge is -2.15. The molecule has 1 atom stereocenters. The summed E-state index contributed by atoms with van der Waals surface area (Å²) in [6, 6.07) is 18.6. The zero-order valence-electron chi connectivity index (χ0n) is 18.1. The highest BCUT2D eigenvalue weighted by atomic mass is 35.5. The molecule has 8 heteroatoms. The van der Waals surface area contributed by atoms with Crippen molar-refractivity contribution >= 4 is 33.2 Å². The highest BCUT2D eigenvalue weighted by Gasteiger charge is 2.20. The molecule has 6 nitrogen and oxygen atoms in total. The standard InChI is InChI=1S/C24H25ClN2O4S/c1-16-8-7-11-22(17(16)2)26-24(28)15-31-23-13-12-20(14-21(23)25)32(29,30)27-18(3)19-9-5-4-6-10-19/h4-14,18,27H,15H2,1-3H3,(H,26,28)/t18-/m0/s1. The Morgan fingerprint density at radius 3 is 2.44 bits per heavy atom. The van der Waals surface area contributed by atoms with E-state index in [0.29, 0.717) is 5.69 Å². The molecular weight excluding hydrogens is 448 g/mol. The van der Waals surface area contributed by atoms with E-state index >= 15 is 0 Å². The van der Waals surface area contributed by atoms with Crippen molar-refractivity contribution in [1.29, 1.82) is 0 Å². The Labute approximate surface area is 193 Å². The molecule has 3 aromatic carbocycles. The highest BCUT2D eigenvalue weighted by molar-refractivity contribution is 7.89. The van der Waals surface area contributed by atoms with Gasteiger partial charge in [-0.1, -0.05) is 54.1 Å². The van der Waals surface area contributed by atoms with Gasteiger partial charge < -0.3 is 10.1 Å². The molecular formula is C24H25ClN2O4S. The average molecular weight is 473 g/mol. The van der Waals surface area contributed by atoms with Crippen molar-refractivity contribution in [1.82, 2.24) is 4.72 Å². The van der Waals surface area contributed by atoms with Crippen LogP contribution in [-0.4, -0.2) is 20.9 Å². The summed E-state index contributed by atoms with van der Waals surface area (Å²) in [7, 11) is -3.80. The second kappa shape index (κ2) is 10.2. The third-order valence-corrected chi connectivity index (χ3v) is 6.92. The Morgan fingerprint density at radius 1 is 1.03 bits per heavy atom. The second-order valence-corrected chi connectivity index (χ2v) is 9.55. The van der Waals surface area contributed by atoms with Gasteiger partial charge in [0.05, 0.1) is 9.92 Å². The van der Waals surface area contributed by atoms with Gasteiger partial charge in [-0.3, -0.25) is 4.79 Å². The molecule has 3 aromatic rings. The number of anilines is 1. The SMILES string of the molecule is Cc1cccc(NC(=O)COc2ccc(S(=O)(=O)N[C@@H](C)c3ccccc3)cc2Cl)c1C. The van der Waals surface area contributed by atoms with E-state index in [4.69, 9.17) is 16.3 Å². The molecule has 32 heavy (non-hydrogen) atoms. The lowest BCUT2D eigenvalue weighted by atomic mass is 10.1. The largest absolute Gasteiger partial charge is 0.482 e. The monoisotopic (exact) mass is 472 g/mol. The predicted molar refractivity (Wildman–Crippen MR) is 127 cm³/mol. The molecule has 0 aliphatic rings. The maximum atomic E-state index is 12.7. The molecule has 0 saturated heterocycles. The quantitative estimate of drug-likeness (QED) is 0.482. The molecule has 0 unspecified atom stereocenters. The number of amides is 1. The van der Waals surface area contributed by atoms with Crippen LogP contribution in [0.1, 0.15) is 29.7 Å². The molecule has 1 amide bonds. The number of hydrogen-bond donors (Lipinski definition) is 2. The fraction of sp³-hybridized carbons (Fsp3) is 0.208. The van der Waals surface area contributed by atoms with E-state index in [-0.39, 0.29) is 28.2 Å². The van der Waals surface area contributed by atoms with E-state index in [2.05, 4.69) is 10.0 Å². The van der Waals surface area contributed by atoms with Crippen molar-refractivity contribution in [3.63, 3.8) is 0 Å². The number of sulfonamides is 1. The van der Waals surface area contributed by atoms with Crippen LogP contribution in [0.25, 0.3) is 0 Å². The van der Waals surface area contributed by atoms with Crippen molar-refractivity contribution in [2.24, 2.45) is 0 Å². The lowest BCUT2D eigenvalue weighted by Crippen LogP contribution is -2.27. The van der Waals surface area contributed by atoms with Crippen molar-refractivity contribution < 1.29 is 17.9 Å². The number of nitrogens with one attached hydrogen (secondary N) is 2. The smallest absolute Gasteiger partial charge is 0.262 e. The predicted octanol–water partition coefficient (Wildman–Crippen LogP) is 5.01. The summed E-state index contributed by atoms with van der Waals surface area (Å²) in [4.78, 5) is 12.3. The first-order valence-electron chi connectivity index (χ1n) is 10.0. The van der Waals surface area contributed by atoms with Crippen LogP contribution in [-0.2, 0) is 14.8 Å². The second-order valence-electron chi connectivity index (χ2n) is 7.43. The van der Waals surface area contributed by atoms with Gasteiger partial charge in [0, 0.05) is 11.7 Å². The number of aryl methyl sites for hydroxylation is 1. The van der Waals surface area contributed by atoms with Crippen LogP contribution in [0.3, 0.4) is 0 Å². The van der Waals surface area contributed by atoms with E-state index in [1.165, 1.54) is 18.2 Å². The van der Waals surface area contributed by atoms with Crippen molar-refractivity contribution in [2.45, 2.75) is 31.7 Å². The van der Waals surface area contributed by atoms with E-state index in [9.17, 15) is 13.2 Å². The van der Waals surface area contributed by atoms with Gasteiger partial charge in [-0.25, -0.2) is 13.1 Å². The Hall–Kier alpha value is -2.87. The molecule has 0 aromatic heterocycles. The van der Waals surface area contributed by atoms with Crippen LogP contribution >= 0.6 is 11.6 Å². The Morgan fingerprint density at radius 2 is 1.75 bits per heavy atom. The number of benzene rings is 3.